The predicted molar refractivity (Wildman–Crippen MR) is 50.3 cm³/mol. The van der Waals surface area contributed by atoms with E-state index in [1.165, 1.54) is 6.92 Å². The molecule has 0 saturated heterocycles. The highest BCUT2D eigenvalue weighted by molar-refractivity contribution is 7.89. The number of alkyl halides is 2. The van der Waals surface area contributed by atoms with Crippen molar-refractivity contribution in [2.75, 3.05) is 0 Å². The predicted octanol–water partition coefficient (Wildman–Crippen LogP) is 1.63. The third kappa shape index (κ3) is 2.61. The van der Waals surface area contributed by atoms with Gasteiger partial charge in [0.25, 0.3) is 6.43 Å². The summed E-state index contributed by atoms with van der Waals surface area (Å²) in [5, 5.41) is 4.42. The third-order valence-electron chi connectivity index (χ3n) is 1.66. The van der Waals surface area contributed by atoms with Crippen molar-refractivity contribution in [3.8, 4) is 0 Å². The van der Waals surface area contributed by atoms with Crippen LogP contribution in [0.15, 0.2) is 11.0 Å². The Hall–Kier alpha value is -0.790. The third-order valence-corrected chi connectivity index (χ3v) is 2.99. The topological polar surface area (TPSA) is 73.0 Å². The van der Waals surface area contributed by atoms with Gasteiger partial charge in [-0.2, -0.15) is 0 Å². The number of pyridine rings is 1. The highest BCUT2D eigenvalue weighted by Gasteiger charge is 2.20. The van der Waals surface area contributed by atoms with Crippen LogP contribution < -0.4 is 5.14 Å². The summed E-state index contributed by atoms with van der Waals surface area (Å²) in [6.07, 6.45) is -2.86. The maximum Gasteiger partial charge on any atom is 0.281 e. The molecule has 1 heterocycles. The largest absolute Gasteiger partial charge is 0.281 e. The Kier molecular flexibility index (Phi) is 3.27. The van der Waals surface area contributed by atoms with Gasteiger partial charge in [0, 0.05) is 0 Å². The van der Waals surface area contributed by atoms with Crippen LogP contribution in [-0.2, 0) is 10.0 Å². The molecular formula is C7H7ClF2N2O2S. The van der Waals surface area contributed by atoms with E-state index < -0.39 is 27.2 Å². The Morgan fingerprint density at radius 2 is 2.07 bits per heavy atom. The van der Waals surface area contributed by atoms with Crippen LogP contribution in [0, 0.1) is 6.92 Å². The van der Waals surface area contributed by atoms with E-state index in [1.807, 2.05) is 0 Å². The van der Waals surface area contributed by atoms with Crippen molar-refractivity contribution < 1.29 is 17.2 Å². The summed E-state index contributed by atoms with van der Waals surface area (Å²) in [5.41, 5.74) is -0.751. The number of nitrogens with zero attached hydrogens (tertiary/aromatic N) is 1. The molecule has 1 aromatic rings. The first-order valence-corrected chi connectivity index (χ1v) is 5.64. The van der Waals surface area contributed by atoms with Crippen molar-refractivity contribution in [2.45, 2.75) is 18.2 Å². The molecule has 4 nitrogen and oxygen atoms in total. The molecule has 0 aromatic carbocycles. The Balaban J connectivity index is 3.46. The van der Waals surface area contributed by atoms with Crippen molar-refractivity contribution in [1.29, 1.82) is 0 Å². The van der Waals surface area contributed by atoms with E-state index in [2.05, 4.69) is 4.98 Å². The van der Waals surface area contributed by atoms with E-state index in [1.54, 1.807) is 0 Å². The molecule has 0 aliphatic carbocycles. The van der Waals surface area contributed by atoms with Crippen LogP contribution in [0.2, 0.25) is 5.02 Å². The normalized spacial score (nSPS) is 12.1. The second-order valence-electron chi connectivity index (χ2n) is 2.78. The quantitative estimate of drug-likeness (QED) is 0.874. The monoisotopic (exact) mass is 256 g/mol. The second kappa shape index (κ2) is 3.99. The summed E-state index contributed by atoms with van der Waals surface area (Å²) in [7, 11) is -3.99. The number of hydrogen-bond acceptors (Lipinski definition) is 3. The van der Waals surface area contributed by atoms with Gasteiger partial charge >= 0.3 is 0 Å². The first kappa shape index (κ1) is 12.3. The number of nitrogens with two attached hydrogens (primary N) is 1. The van der Waals surface area contributed by atoms with Crippen molar-refractivity contribution in [1.82, 2.24) is 4.98 Å². The molecule has 84 valence electrons. The van der Waals surface area contributed by atoms with Crippen LogP contribution in [-0.4, -0.2) is 13.4 Å². The molecule has 0 radical (unpaired) electrons. The van der Waals surface area contributed by atoms with Gasteiger partial charge in [0.1, 0.15) is 10.6 Å². The van der Waals surface area contributed by atoms with Crippen molar-refractivity contribution in [2.24, 2.45) is 5.14 Å². The van der Waals surface area contributed by atoms with Crippen LogP contribution in [0.1, 0.15) is 17.8 Å². The van der Waals surface area contributed by atoms with E-state index >= 15 is 0 Å². The van der Waals surface area contributed by atoms with Crippen LogP contribution in [0.4, 0.5) is 8.78 Å². The van der Waals surface area contributed by atoms with Gasteiger partial charge < -0.3 is 0 Å². The van der Waals surface area contributed by atoms with Gasteiger partial charge in [0.2, 0.25) is 10.0 Å². The lowest BCUT2D eigenvalue weighted by Gasteiger charge is -2.07. The zero-order chi connectivity index (χ0) is 11.8. The summed E-state index contributed by atoms with van der Waals surface area (Å²) < 4.78 is 46.6. The lowest BCUT2D eigenvalue weighted by molar-refractivity contribution is 0.146. The van der Waals surface area contributed by atoms with Gasteiger partial charge in [-0.1, -0.05) is 11.6 Å². The van der Waals surface area contributed by atoms with Crippen LogP contribution in [0.3, 0.4) is 0 Å². The van der Waals surface area contributed by atoms with Gasteiger partial charge in [-0.25, -0.2) is 27.3 Å². The van der Waals surface area contributed by atoms with Crippen molar-refractivity contribution in [3.63, 3.8) is 0 Å². The fourth-order valence-electron chi connectivity index (χ4n) is 1.02. The smallest absolute Gasteiger partial charge is 0.249 e. The fourth-order valence-corrected chi connectivity index (χ4v) is 2.06. The summed E-state index contributed by atoms with van der Waals surface area (Å²) in [4.78, 5) is 3.05. The standard InChI is InChI=1S/C7H7ClF2N2O2S/c1-3-5(15(11,13)14)2-4(8)6(12-3)7(9)10/h2,7H,1H3,(H2,11,13,14). The van der Waals surface area contributed by atoms with E-state index in [9.17, 15) is 17.2 Å². The van der Waals surface area contributed by atoms with Crippen LogP contribution >= 0.6 is 11.6 Å². The highest BCUT2D eigenvalue weighted by Crippen LogP contribution is 2.28. The van der Waals surface area contributed by atoms with E-state index in [-0.39, 0.29) is 10.6 Å². The second-order valence-corrected chi connectivity index (χ2v) is 4.72. The fraction of sp³-hybridized carbons (Fsp3) is 0.286. The molecular weight excluding hydrogens is 250 g/mol. The minimum Gasteiger partial charge on any atom is -0.249 e. The number of primary sulfonamides is 1. The number of hydrogen-bond donors (Lipinski definition) is 1. The molecule has 0 bridgehead atoms. The van der Waals surface area contributed by atoms with Crippen LogP contribution in [0.25, 0.3) is 0 Å². The molecule has 15 heavy (non-hydrogen) atoms. The number of aryl methyl sites for hydroxylation is 1. The van der Waals surface area contributed by atoms with Crippen molar-refractivity contribution in [3.05, 3.63) is 22.5 Å². The SMILES string of the molecule is Cc1nc(C(F)F)c(Cl)cc1S(N)(=O)=O. The Morgan fingerprint density at radius 3 is 2.47 bits per heavy atom. The molecule has 0 saturated carbocycles. The molecule has 0 atom stereocenters. The minimum absolute atomic E-state index is 0.0998. The molecule has 0 aliphatic rings. The Labute approximate surface area is 90.1 Å². The molecule has 0 fully saturated rings. The summed E-state index contributed by atoms with van der Waals surface area (Å²) in [6.45, 7) is 1.27. The molecule has 8 heteroatoms. The first-order valence-electron chi connectivity index (χ1n) is 3.71. The van der Waals surface area contributed by atoms with E-state index in [0.717, 1.165) is 6.07 Å². The average molecular weight is 257 g/mol. The van der Waals surface area contributed by atoms with E-state index in [0.29, 0.717) is 0 Å². The number of aromatic nitrogens is 1. The zero-order valence-corrected chi connectivity index (χ0v) is 9.11. The van der Waals surface area contributed by atoms with Gasteiger partial charge in [0.05, 0.1) is 10.7 Å². The molecule has 1 rings (SSSR count). The molecule has 0 aliphatic heterocycles. The number of rotatable bonds is 2. The summed E-state index contributed by atoms with van der Waals surface area (Å²) >= 11 is 5.44. The first-order chi connectivity index (χ1) is 6.73. The van der Waals surface area contributed by atoms with Gasteiger partial charge in [-0.15, -0.1) is 0 Å². The average Bonchev–Trinajstić information content (AvgIpc) is 2.06. The highest BCUT2D eigenvalue weighted by atomic mass is 35.5. The van der Waals surface area contributed by atoms with Gasteiger partial charge in [0.15, 0.2) is 0 Å². The summed E-state index contributed by atoms with van der Waals surface area (Å²) in [6, 6.07) is 0.876. The maximum atomic E-state index is 12.3. The number of halogens is 3. The maximum absolute atomic E-state index is 12.3. The minimum atomic E-state index is -3.99. The van der Waals surface area contributed by atoms with Gasteiger partial charge in [-0.05, 0) is 13.0 Å². The molecule has 0 amide bonds. The molecule has 0 spiro atoms. The lowest BCUT2D eigenvalue weighted by Crippen LogP contribution is -2.15. The Bertz CT molecular complexity index is 490. The molecule has 1 aromatic heterocycles. The number of sulfonamides is 1. The van der Waals surface area contributed by atoms with Crippen LogP contribution in [0.5, 0.6) is 0 Å². The molecule has 2 N–H and O–H groups in total. The molecule has 0 unspecified atom stereocenters. The zero-order valence-electron chi connectivity index (χ0n) is 7.54. The van der Waals surface area contributed by atoms with Gasteiger partial charge in [-0.3, -0.25) is 0 Å². The lowest BCUT2D eigenvalue weighted by atomic mass is 10.3. The summed E-state index contributed by atoms with van der Waals surface area (Å²) in [5.74, 6) is 0. The van der Waals surface area contributed by atoms with Crippen molar-refractivity contribution >= 4 is 21.6 Å². The Morgan fingerprint density at radius 1 is 1.53 bits per heavy atom. The van der Waals surface area contributed by atoms with E-state index in [4.69, 9.17) is 16.7 Å².